The van der Waals surface area contributed by atoms with Gasteiger partial charge in [0, 0.05) is 56.4 Å². The SMILES string of the molecule is Cc1cnc(NC(=O)N(C)[C@H]2CN(c3nccc(NC(=O)OC4CCN5CCCC4C5)n3)CC[C@H]2F)s1. The van der Waals surface area contributed by atoms with Gasteiger partial charge in [0.15, 0.2) is 5.13 Å². The van der Waals surface area contributed by atoms with Crippen LogP contribution in [0.3, 0.4) is 0 Å². The number of piperidine rings is 3. The predicted octanol–water partition coefficient (Wildman–Crippen LogP) is 3.36. The van der Waals surface area contributed by atoms with E-state index in [-0.39, 0.29) is 19.1 Å². The quantitative estimate of drug-likeness (QED) is 0.602. The molecule has 2 aromatic rings. The van der Waals surface area contributed by atoms with Crippen LogP contribution in [0.1, 0.15) is 30.6 Å². The van der Waals surface area contributed by atoms with Gasteiger partial charge in [-0.1, -0.05) is 0 Å². The van der Waals surface area contributed by atoms with Crippen molar-refractivity contribution in [1.82, 2.24) is 24.8 Å². The van der Waals surface area contributed by atoms with Gasteiger partial charge in [0.1, 0.15) is 18.1 Å². The summed E-state index contributed by atoms with van der Waals surface area (Å²) in [6.45, 7) is 5.58. The van der Waals surface area contributed by atoms with Crippen molar-refractivity contribution in [2.75, 3.05) is 55.3 Å². The number of nitrogens with zero attached hydrogens (tertiary/aromatic N) is 6. The molecule has 5 heterocycles. The van der Waals surface area contributed by atoms with Crippen LogP contribution in [-0.2, 0) is 4.74 Å². The zero-order valence-corrected chi connectivity index (χ0v) is 21.9. The number of rotatable bonds is 5. The minimum atomic E-state index is -1.19. The van der Waals surface area contributed by atoms with Gasteiger partial charge < -0.3 is 19.4 Å². The van der Waals surface area contributed by atoms with Crippen molar-refractivity contribution < 1.29 is 18.7 Å². The third kappa shape index (κ3) is 6.09. The van der Waals surface area contributed by atoms with Gasteiger partial charge in [0.25, 0.3) is 0 Å². The second-order valence-electron chi connectivity index (χ2n) is 9.94. The molecule has 2 N–H and O–H groups in total. The Morgan fingerprint density at radius 1 is 1.16 bits per heavy atom. The lowest BCUT2D eigenvalue weighted by molar-refractivity contribution is -0.00826. The molecule has 3 aliphatic rings. The third-order valence-corrected chi connectivity index (χ3v) is 8.19. The molecule has 3 aliphatic heterocycles. The lowest BCUT2D eigenvalue weighted by Crippen LogP contribution is -2.55. The first-order valence-corrected chi connectivity index (χ1v) is 13.6. The number of thiazole rings is 1. The van der Waals surface area contributed by atoms with Gasteiger partial charge in [-0.2, -0.15) is 4.98 Å². The van der Waals surface area contributed by atoms with Crippen molar-refractivity contribution >= 4 is 40.4 Å². The fourth-order valence-corrected chi connectivity index (χ4v) is 5.99. The van der Waals surface area contributed by atoms with Crippen LogP contribution in [0, 0.1) is 12.8 Å². The molecule has 13 heteroatoms. The highest BCUT2D eigenvalue weighted by Crippen LogP contribution is 2.29. The maximum Gasteiger partial charge on any atom is 0.413 e. The van der Waals surface area contributed by atoms with Crippen LogP contribution in [0.2, 0.25) is 0 Å². The van der Waals surface area contributed by atoms with Gasteiger partial charge in [-0.05, 0) is 45.2 Å². The molecule has 3 saturated heterocycles. The molecule has 0 radical (unpaired) electrons. The van der Waals surface area contributed by atoms with Gasteiger partial charge in [0.2, 0.25) is 5.95 Å². The number of alkyl halides is 1. The standard InChI is InChI=1S/C24H33FN8O3S/c1-15-12-27-22(37-15)30-23(34)31(2)18-14-33(11-6-17(18)25)21-26-8-5-20(28-21)29-24(35)36-19-7-10-32-9-3-4-16(19)13-32/h5,8,12,16-19H,3-4,6-7,9-11,13-14H2,1-2H3,(H,27,30,34)(H,26,28,29,35)/t16?,17-,18+,19?/m1/s1. The molecule has 200 valence electrons. The summed E-state index contributed by atoms with van der Waals surface area (Å²) in [5, 5.41) is 5.92. The Morgan fingerprint density at radius 3 is 2.84 bits per heavy atom. The number of carbonyl (C=O) groups excluding carboxylic acids is 2. The van der Waals surface area contributed by atoms with Crippen LogP contribution < -0.4 is 15.5 Å². The summed E-state index contributed by atoms with van der Waals surface area (Å²) < 4.78 is 20.6. The van der Waals surface area contributed by atoms with E-state index in [1.165, 1.54) is 16.2 Å². The fourth-order valence-electron chi connectivity index (χ4n) is 5.33. The Hall–Kier alpha value is -3.06. The smallest absolute Gasteiger partial charge is 0.413 e. The molecular formula is C24H33FN8O3S. The largest absolute Gasteiger partial charge is 0.446 e. The number of aromatic nitrogens is 3. The summed E-state index contributed by atoms with van der Waals surface area (Å²) in [6, 6.07) is 0.483. The number of aryl methyl sites for hydroxylation is 1. The number of nitrogens with one attached hydrogen (secondary N) is 2. The number of hydrogen-bond acceptors (Lipinski definition) is 9. The van der Waals surface area contributed by atoms with Crippen LogP contribution in [0.25, 0.3) is 0 Å². The van der Waals surface area contributed by atoms with Crippen molar-refractivity contribution in [2.45, 2.75) is 50.9 Å². The van der Waals surface area contributed by atoms with Crippen LogP contribution in [0.4, 0.5) is 30.9 Å². The van der Waals surface area contributed by atoms with E-state index < -0.39 is 24.3 Å². The molecule has 0 aliphatic carbocycles. The topological polar surface area (TPSA) is 116 Å². The molecule has 0 aromatic carbocycles. The molecular weight excluding hydrogens is 499 g/mol. The zero-order chi connectivity index (χ0) is 25.9. The molecule has 3 unspecified atom stereocenters. The molecule has 3 fully saturated rings. The first kappa shape index (κ1) is 25.6. The second-order valence-corrected chi connectivity index (χ2v) is 11.2. The summed E-state index contributed by atoms with van der Waals surface area (Å²) >= 11 is 1.36. The van der Waals surface area contributed by atoms with E-state index >= 15 is 0 Å². The highest BCUT2D eigenvalue weighted by Gasteiger charge is 2.36. The van der Waals surface area contributed by atoms with Gasteiger partial charge in [0.05, 0.1) is 6.04 Å². The number of carbonyl (C=O) groups is 2. The van der Waals surface area contributed by atoms with Crippen molar-refractivity contribution in [1.29, 1.82) is 0 Å². The number of hydrogen-bond donors (Lipinski definition) is 2. The van der Waals surface area contributed by atoms with E-state index in [4.69, 9.17) is 4.74 Å². The van der Waals surface area contributed by atoms with Crippen molar-refractivity contribution in [3.63, 3.8) is 0 Å². The molecule has 11 nitrogen and oxygen atoms in total. The Kier molecular flexibility index (Phi) is 7.70. The van der Waals surface area contributed by atoms with Crippen LogP contribution in [0.15, 0.2) is 18.5 Å². The zero-order valence-electron chi connectivity index (χ0n) is 21.1. The van der Waals surface area contributed by atoms with E-state index in [0.29, 0.717) is 29.4 Å². The highest BCUT2D eigenvalue weighted by atomic mass is 32.1. The molecule has 0 saturated carbocycles. The summed E-state index contributed by atoms with van der Waals surface area (Å²) in [5.74, 6) is 1.06. The maximum absolute atomic E-state index is 14.9. The number of halogens is 1. The summed E-state index contributed by atoms with van der Waals surface area (Å²) in [6.07, 6.45) is 4.71. The van der Waals surface area contributed by atoms with Gasteiger partial charge in [-0.15, -0.1) is 11.3 Å². The number of likely N-dealkylation sites (N-methyl/N-ethyl adjacent to an activating group) is 1. The average Bonchev–Trinajstić information content (AvgIpc) is 3.30. The number of urea groups is 1. The summed E-state index contributed by atoms with van der Waals surface area (Å²) in [5.41, 5.74) is 0. The minimum Gasteiger partial charge on any atom is -0.446 e. The monoisotopic (exact) mass is 532 g/mol. The van der Waals surface area contributed by atoms with Crippen LogP contribution in [-0.4, -0.2) is 95.0 Å². The highest BCUT2D eigenvalue weighted by molar-refractivity contribution is 7.15. The fraction of sp³-hybridized carbons (Fsp3) is 0.625. The van der Waals surface area contributed by atoms with E-state index in [2.05, 4.69) is 30.5 Å². The number of ether oxygens (including phenoxy) is 1. The van der Waals surface area contributed by atoms with Crippen molar-refractivity contribution in [3.05, 3.63) is 23.3 Å². The Balaban J connectivity index is 1.18. The van der Waals surface area contributed by atoms with E-state index in [9.17, 15) is 14.0 Å². The molecule has 0 spiro atoms. The van der Waals surface area contributed by atoms with Gasteiger partial charge in [-0.3, -0.25) is 10.6 Å². The number of fused-ring (bicyclic) bond motifs is 2. The molecule has 37 heavy (non-hydrogen) atoms. The Morgan fingerprint density at radius 2 is 2.03 bits per heavy atom. The van der Waals surface area contributed by atoms with E-state index in [0.717, 1.165) is 43.8 Å². The van der Waals surface area contributed by atoms with Crippen LogP contribution in [0.5, 0.6) is 0 Å². The third-order valence-electron chi connectivity index (χ3n) is 7.36. The molecule has 2 bridgehead atoms. The summed E-state index contributed by atoms with van der Waals surface area (Å²) in [4.78, 5) is 44.9. The normalized spacial score (nSPS) is 27.3. The molecule has 2 aromatic heterocycles. The molecule has 5 rings (SSSR count). The lowest BCUT2D eigenvalue weighted by Gasteiger charge is -2.41. The van der Waals surface area contributed by atoms with Crippen LogP contribution >= 0.6 is 11.3 Å². The molecule has 5 atom stereocenters. The Labute approximate surface area is 219 Å². The maximum atomic E-state index is 14.9. The predicted molar refractivity (Wildman–Crippen MR) is 139 cm³/mol. The first-order chi connectivity index (χ1) is 17.9. The number of anilines is 3. The van der Waals surface area contributed by atoms with E-state index in [1.54, 1.807) is 25.5 Å². The lowest BCUT2D eigenvalue weighted by atomic mass is 9.87. The average molecular weight is 533 g/mol. The second kappa shape index (κ2) is 11.1. The Bertz CT molecular complexity index is 1120. The van der Waals surface area contributed by atoms with Gasteiger partial charge in [-0.25, -0.2) is 23.9 Å². The van der Waals surface area contributed by atoms with Crippen molar-refractivity contribution in [2.24, 2.45) is 5.92 Å². The van der Waals surface area contributed by atoms with Gasteiger partial charge >= 0.3 is 12.1 Å². The number of amides is 3. The van der Waals surface area contributed by atoms with Crippen molar-refractivity contribution in [3.8, 4) is 0 Å². The molecule has 3 amide bonds. The summed E-state index contributed by atoms with van der Waals surface area (Å²) in [7, 11) is 1.57. The van der Waals surface area contributed by atoms with E-state index in [1.807, 2.05) is 11.8 Å². The minimum absolute atomic E-state index is 0.0860. The first-order valence-electron chi connectivity index (χ1n) is 12.7.